The molecule has 0 radical (unpaired) electrons. The zero-order valence-corrected chi connectivity index (χ0v) is 10.4. The zero-order valence-electron chi connectivity index (χ0n) is 10.4. The molecule has 102 valence electrons. The third-order valence-corrected chi connectivity index (χ3v) is 3.07. The van der Waals surface area contributed by atoms with E-state index in [1.54, 1.807) is 0 Å². The number of imide groups is 1. The highest BCUT2D eigenvalue weighted by molar-refractivity contribution is 5.94. The molecule has 0 aromatic rings. The standard InChI is InChI=1S/C11H19N3O4/c1-12-11(18)13-9(15)4-7-14-5-2-8(3-6-14)10(16)17/h8H,2-7H2,1H3,(H,16,17)(H2,12,13,15,18). The second kappa shape index (κ2) is 6.95. The highest BCUT2D eigenvalue weighted by Crippen LogP contribution is 2.17. The van der Waals surface area contributed by atoms with Gasteiger partial charge in [0.05, 0.1) is 5.92 Å². The summed E-state index contributed by atoms with van der Waals surface area (Å²) in [6.07, 6.45) is 1.48. The van der Waals surface area contributed by atoms with Crippen LogP contribution < -0.4 is 10.6 Å². The molecule has 7 nitrogen and oxygen atoms in total. The van der Waals surface area contributed by atoms with Crippen molar-refractivity contribution in [3.63, 3.8) is 0 Å². The summed E-state index contributed by atoms with van der Waals surface area (Å²) in [6.45, 7) is 1.92. The first-order chi connectivity index (χ1) is 8.52. The largest absolute Gasteiger partial charge is 0.481 e. The van der Waals surface area contributed by atoms with Crippen LogP contribution in [-0.2, 0) is 9.59 Å². The van der Waals surface area contributed by atoms with Crippen molar-refractivity contribution < 1.29 is 19.5 Å². The Bertz CT molecular complexity index is 324. The van der Waals surface area contributed by atoms with Gasteiger partial charge in [-0.05, 0) is 25.9 Å². The molecule has 0 atom stereocenters. The molecular formula is C11H19N3O4. The molecule has 0 aromatic carbocycles. The normalized spacial score (nSPS) is 17.2. The number of piperidine rings is 1. The number of nitrogens with zero attached hydrogens (tertiary/aromatic N) is 1. The number of carbonyl (C=O) groups is 3. The van der Waals surface area contributed by atoms with E-state index < -0.39 is 12.0 Å². The van der Waals surface area contributed by atoms with E-state index in [2.05, 4.69) is 10.6 Å². The molecule has 1 rings (SSSR count). The van der Waals surface area contributed by atoms with Crippen molar-refractivity contribution in [1.82, 2.24) is 15.5 Å². The highest BCUT2D eigenvalue weighted by atomic mass is 16.4. The van der Waals surface area contributed by atoms with Crippen molar-refractivity contribution in [3.8, 4) is 0 Å². The van der Waals surface area contributed by atoms with E-state index in [4.69, 9.17) is 5.11 Å². The number of nitrogens with one attached hydrogen (secondary N) is 2. The average molecular weight is 257 g/mol. The van der Waals surface area contributed by atoms with Crippen LogP contribution in [0, 0.1) is 5.92 Å². The minimum absolute atomic E-state index is 0.241. The van der Waals surface area contributed by atoms with Gasteiger partial charge in [-0.1, -0.05) is 0 Å². The van der Waals surface area contributed by atoms with Crippen LogP contribution in [0.4, 0.5) is 4.79 Å². The second-order valence-electron chi connectivity index (χ2n) is 4.33. The van der Waals surface area contributed by atoms with Gasteiger partial charge in [-0.15, -0.1) is 0 Å². The van der Waals surface area contributed by atoms with Crippen molar-refractivity contribution in [2.45, 2.75) is 19.3 Å². The van der Waals surface area contributed by atoms with Gasteiger partial charge in [-0.25, -0.2) is 4.79 Å². The van der Waals surface area contributed by atoms with Crippen molar-refractivity contribution in [2.24, 2.45) is 5.92 Å². The van der Waals surface area contributed by atoms with E-state index in [9.17, 15) is 14.4 Å². The summed E-state index contributed by atoms with van der Waals surface area (Å²) in [7, 11) is 1.44. The third-order valence-electron chi connectivity index (χ3n) is 3.07. The fourth-order valence-corrected chi connectivity index (χ4v) is 1.91. The highest BCUT2D eigenvalue weighted by Gasteiger charge is 2.24. The van der Waals surface area contributed by atoms with Crippen LogP contribution in [0.25, 0.3) is 0 Å². The topological polar surface area (TPSA) is 98.7 Å². The molecule has 7 heteroatoms. The van der Waals surface area contributed by atoms with Crippen LogP contribution in [0.3, 0.4) is 0 Å². The lowest BCUT2D eigenvalue weighted by molar-refractivity contribution is -0.143. The molecule has 0 spiro atoms. The van der Waals surface area contributed by atoms with Gasteiger partial charge in [0.15, 0.2) is 0 Å². The number of rotatable bonds is 4. The number of carboxylic acids is 1. The second-order valence-corrected chi connectivity index (χ2v) is 4.33. The minimum atomic E-state index is -0.744. The Labute approximate surface area is 106 Å². The fourth-order valence-electron chi connectivity index (χ4n) is 1.91. The first kappa shape index (κ1) is 14.4. The Morgan fingerprint density at radius 1 is 1.28 bits per heavy atom. The average Bonchev–Trinajstić information content (AvgIpc) is 2.36. The summed E-state index contributed by atoms with van der Waals surface area (Å²) in [5.41, 5.74) is 0. The van der Waals surface area contributed by atoms with E-state index in [1.807, 2.05) is 4.90 Å². The van der Waals surface area contributed by atoms with E-state index in [0.717, 1.165) is 0 Å². The summed E-state index contributed by atoms with van der Waals surface area (Å²) in [5.74, 6) is -1.33. The lowest BCUT2D eigenvalue weighted by atomic mass is 9.97. The van der Waals surface area contributed by atoms with Crippen LogP contribution in [0.5, 0.6) is 0 Å². The van der Waals surface area contributed by atoms with Crippen molar-refractivity contribution in [1.29, 1.82) is 0 Å². The molecule has 1 heterocycles. The number of hydrogen-bond acceptors (Lipinski definition) is 4. The van der Waals surface area contributed by atoms with E-state index >= 15 is 0 Å². The van der Waals surface area contributed by atoms with Crippen LogP contribution in [0.1, 0.15) is 19.3 Å². The summed E-state index contributed by atoms with van der Waals surface area (Å²) in [4.78, 5) is 35.0. The molecule has 1 aliphatic heterocycles. The zero-order chi connectivity index (χ0) is 13.5. The van der Waals surface area contributed by atoms with Gasteiger partial charge >= 0.3 is 12.0 Å². The number of amides is 3. The maximum absolute atomic E-state index is 11.3. The molecule has 1 aliphatic rings. The summed E-state index contributed by atoms with van der Waals surface area (Å²) >= 11 is 0. The van der Waals surface area contributed by atoms with Crippen LogP contribution in [0.15, 0.2) is 0 Å². The molecule has 18 heavy (non-hydrogen) atoms. The SMILES string of the molecule is CNC(=O)NC(=O)CCN1CCC(C(=O)O)CC1. The number of carbonyl (C=O) groups excluding carboxylic acids is 2. The Hall–Kier alpha value is -1.63. The third kappa shape index (κ3) is 4.70. The molecule has 0 saturated carbocycles. The van der Waals surface area contributed by atoms with E-state index in [0.29, 0.717) is 32.5 Å². The maximum Gasteiger partial charge on any atom is 0.321 e. The number of hydrogen-bond donors (Lipinski definition) is 3. The predicted octanol–water partition coefficient (Wildman–Crippen LogP) is -0.371. The van der Waals surface area contributed by atoms with Gasteiger partial charge in [0.25, 0.3) is 0 Å². The van der Waals surface area contributed by atoms with Crippen LogP contribution >= 0.6 is 0 Å². The van der Waals surface area contributed by atoms with Crippen LogP contribution in [0.2, 0.25) is 0 Å². The molecular weight excluding hydrogens is 238 g/mol. The number of carboxylic acid groups (broad SMARTS) is 1. The molecule has 3 N–H and O–H groups in total. The van der Waals surface area contributed by atoms with Crippen LogP contribution in [-0.4, -0.2) is 54.6 Å². The molecule has 1 saturated heterocycles. The first-order valence-corrected chi connectivity index (χ1v) is 5.99. The Balaban J connectivity index is 2.19. The van der Waals surface area contributed by atoms with Crippen molar-refractivity contribution in [2.75, 3.05) is 26.7 Å². The molecule has 1 fully saturated rings. The van der Waals surface area contributed by atoms with Crippen molar-refractivity contribution >= 4 is 17.9 Å². The Kier molecular flexibility index (Phi) is 5.57. The number of aliphatic carboxylic acids is 1. The lowest BCUT2D eigenvalue weighted by Gasteiger charge is -2.29. The quantitative estimate of drug-likeness (QED) is 0.638. The molecule has 0 bridgehead atoms. The summed E-state index contributed by atoms with van der Waals surface area (Å²) in [6, 6.07) is -0.510. The smallest absolute Gasteiger partial charge is 0.321 e. The van der Waals surface area contributed by atoms with Gasteiger partial charge in [0.2, 0.25) is 5.91 Å². The Morgan fingerprint density at radius 3 is 2.39 bits per heavy atom. The van der Waals surface area contributed by atoms with Gasteiger partial charge < -0.3 is 15.3 Å². The molecule has 0 aliphatic carbocycles. The fraction of sp³-hybridized carbons (Fsp3) is 0.727. The molecule has 0 aromatic heterocycles. The predicted molar refractivity (Wildman–Crippen MR) is 64.0 cm³/mol. The van der Waals surface area contributed by atoms with Gasteiger partial charge in [-0.3, -0.25) is 14.9 Å². The lowest BCUT2D eigenvalue weighted by Crippen LogP contribution is -2.41. The van der Waals surface area contributed by atoms with Crippen molar-refractivity contribution in [3.05, 3.63) is 0 Å². The number of urea groups is 1. The summed E-state index contributed by atoms with van der Waals surface area (Å²) < 4.78 is 0. The Morgan fingerprint density at radius 2 is 1.89 bits per heavy atom. The first-order valence-electron chi connectivity index (χ1n) is 5.99. The summed E-state index contributed by atoms with van der Waals surface area (Å²) in [5, 5.41) is 13.3. The number of likely N-dealkylation sites (tertiary alicyclic amines) is 1. The minimum Gasteiger partial charge on any atom is -0.481 e. The van der Waals surface area contributed by atoms with Gasteiger partial charge in [0, 0.05) is 20.0 Å². The molecule has 0 unspecified atom stereocenters. The van der Waals surface area contributed by atoms with E-state index in [-0.39, 0.29) is 18.2 Å². The van der Waals surface area contributed by atoms with Gasteiger partial charge in [-0.2, -0.15) is 0 Å². The monoisotopic (exact) mass is 257 g/mol. The van der Waals surface area contributed by atoms with Gasteiger partial charge in [0.1, 0.15) is 0 Å². The maximum atomic E-state index is 11.3. The molecule has 3 amide bonds. The van der Waals surface area contributed by atoms with E-state index in [1.165, 1.54) is 7.05 Å².